The molecule has 1 aromatic carbocycles. The zero-order valence-electron chi connectivity index (χ0n) is 9.28. The summed E-state index contributed by atoms with van der Waals surface area (Å²) < 4.78 is 14.7. The molecule has 0 spiro atoms. The van der Waals surface area contributed by atoms with Crippen LogP contribution in [0.4, 0.5) is 10.1 Å². The molecule has 0 saturated heterocycles. The SMILES string of the molecule is NCCc1cn(-c2cc([N+](=O)[O-])ccc2F)nn1. The van der Waals surface area contributed by atoms with Crippen molar-refractivity contribution in [2.45, 2.75) is 6.42 Å². The van der Waals surface area contributed by atoms with Crippen molar-refractivity contribution in [3.05, 3.63) is 46.0 Å². The van der Waals surface area contributed by atoms with E-state index in [-0.39, 0.29) is 11.4 Å². The summed E-state index contributed by atoms with van der Waals surface area (Å²) in [4.78, 5) is 10.0. The number of hydrogen-bond acceptors (Lipinski definition) is 5. The van der Waals surface area contributed by atoms with Gasteiger partial charge in [-0.1, -0.05) is 5.21 Å². The number of rotatable bonds is 4. The Hall–Kier alpha value is -2.35. The van der Waals surface area contributed by atoms with Crippen molar-refractivity contribution >= 4 is 5.69 Å². The maximum absolute atomic E-state index is 13.6. The largest absolute Gasteiger partial charge is 0.330 e. The van der Waals surface area contributed by atoms with E-state index in [2.05, 4.69) is 10.3 Å². The number of aromatic nitrogens is 3. The van der Waals surface area contributed by atoms with Crippen LogP contribution in [0.5, 0.6) is 0 Å². The number of nitrogens with two attached hydrogens (primary N) is 1. The summed E-state index contributed by atoms with van der Waals surface area (Å²) in [7, 11) is 0. The van der Waals surface area contributed by atoms with Crippen molar-refractivity contribution in [2.24, 2.45) is 5.73 Å². The molecule has 2 aromatic rings. The van der Waals surface area contributed by atoms with E-state index in [0.29, 0.717) is 18.7 Å². The Morgan fingerprint density at radius 3 is 2.94 bits per heavy atom. The van der Waals surface area contributed by atoms with Crippen molar-refractivity contribution in [1.82, 2.24) is 15.0 Å². The van der Waals surface area contributed by atoms with E-state index in [9.17, 15) is 14.5 Å². The lowest BCUT2D eigenvalue weighted by atomic mass is 10.2. The van der Waals surface area contributed by atoms with E-state index in [4.69, 9.17) is 5.73 Å². The number of nitrogens with zero attached hydrogens (tertiary/aromatic N) is 4. The van der Waals surface area contributed by atoms with Crippen LogP contribution in [0.2, 0.25) is 0 Å². The molecule has 2 rings (SSSR count). The van der Waals surface area contributed by atoms with Gasteiger partial charge in [0, 0.05) is 18.6 Å². The summed E-state index contributed by atoms with van der Waals surface area (Å²) in [5.74, 6) is -0.607. The molecule has 0 aliphatic rings. The highest BCUT2D eigenvalue weighted by Crippen LogP contribution is 2.19. The van der Waals surface area contributed by atoms with Crippen molar-refractivity contribution in [3.8, 4) is 5.69 Å². The predicted octanol–water partition coefficient (Wildman–Crippen LogP) is 0.816. The second kappa shape index (κ2) is 4.88. The first-order valence-corrected chi connectivity index (χ1v) is 5.17. The monoisotopic (exact) mass is 251 g/mol. The second-order valence-corrected chi connectivity index (χ2v) is 3.59. The number of benzene rings is 1. The minimum absolute atomic E-state index is 0.0139. The fourth-order valence-corrected chi connectivity index (χ4v) is 1.47. The van der Waals surface area contributed by atoms with Crippen LogP contribution in [0.1, 0.15) is 5.69 Å². The van der Waals surface area contributed by atoms with Gasteiger partial charge >= 0.3 is 0 Å². The third-order valence-electron chi connectivity index (χ3n) is 2.33. The molecule has 2 N–H and O–H groups in total. The fourth-order valence-electron chi connectivity index (χ4n) is 1.47. The molecule has 0 aliphatic carbocycles. The number of hydrogen-bond donors (Lipinski definition) is 1. The van der Waals surface area contributed by atoms with Gasteiger partial charge < -0.3 is 5.73 Å². The summed E-state index contributed by atoms with van der Waals surface area (Å²) in [6, 6.07) is 3.23. The smallest absolute Gasteiger partial charge is 0.271 e. The molecule has 7 nitrogen and oxygen atoms in total. The molecule has 0 atom stereocenters. The summed E-state index contributed by atoms with van der Waals surface area (Å²) >= 11 is 0. The lowest BCUT2D eigenvalue weighted by molar-refractivity contribution is -0.384. The van der Waals surface area contributed by atoms with Gasteiger partial charge in [0.2, 0.25) is 0 Å². The number of nitro groups is 1. The molecule has 0 aliphatic heterocycles. The maximum Gasteiger partial charge on any atom is 0.271 e. The van der Waals surface area contributed by atoms with Crippen LogP contribution in [0.15, 0.2) is 24.4 Å². The quantitative estimate of drug-likeness (QED) is 0.640. The lowest BCUT2D eigenvalue weighted by Crippen LogP contribution is -2.02. The third-order valence-corrected chi connectivity index (χ3v) is 2.33. The van der Waals surface area contributed by atoms with E-state index >= 15 is 0 Å². The van der Waals surface area contributed by atoms with Crippen molar-refractivity contribution < 1.29 is 9.31 Å². The topological polar surface area (TPSA) is 99.9 Å². The Balaban J connectivity index is 2.41. The van der Waals surface area contributed by atoms with Crippen LogP contribution in [0.3, 0.4) is 0 Å². The predicted molar refractivity (Wildman–Crippen MR) is 60.7 cm³/mol. The Bertz CT molecular complexity index is 583. The average Bonchev–Trinajstić information content (AvgIpc) is 2.78. The first-order valence-electron chi connectivity index (χ1n) is 5.17. The minimum atomic E-state index is -0.607. The van der Waals surface area contributed by atoms with Crippen LogP contribution in [-0.4, -0.2) is 26.5 Å². The summed E-state index contributed by atoms with van der Waals surface area (Å²) in [5.41, 5.74) is 5.74. The fraction of sp³-hybridized carbons (Fsp3) is 0.200. The molecule has 0 unspecified atom stereocenters. The van der Waals surface area contributed by atoms with Crippen molar-refractivity contribution in [3.63, 3.8) is 0 Å². The zero-order valence-corrected chi connectivity index (χ0v) is 9.28. The van der Waals surface area contributed by atoms with Gasteiger partial charge in [0.15, 0.2) is 0 Å². The normalized spacial score (nSPS) is 10.6. The molecular formula is C10H10FN5O2. The van der Waals surface area contributed by atoms with Gasteiger partial charge in [-0.3, -0.25) is 10.1 Å². The average molecular weight is 251 g/mol. The van der Waals surface area contributed by atoms with E-state index in [0.717, 1.165) is 22.9 Å². The van der Waals surface area contributed by atoms with E-state index in [1.54, 1.807) is 0 Å². The minimum Gasteiger partial charge on any atom is -0.330 e. The number of nitro benzene ring substituents is 1. The van der Waals surface area contributed by atoms with Gasteiger partial charge in [0.1, 0.15) is 11.5 Å². The summed E-state index contributed by atoms with van der Waals surface area (Å²) in [6.45, 7) is 0.399. The van der Waals surface area contributed by atoms with E-state index in [1.807, 2.05) is 0 Å². The zero-order chi connectivity index (χ0) is 13.1. The molecule has 0 bridgehead atoms. The van der Waals surface area contributed by atoms with Crippen LogP contribution >= 0.6 is 0 Å². The molecule has 1 heterocycles. The molecule has 8 heteroatoms. The number of non-ortho nitro benzene ring substituents is 1. The van der Waals surface area contributed by atoms with Crippen LogP contribution < -0.4 is 5.73 Å². The van der Waals surface area contributed by atoms with E-state index in [1.165, 1.54) is 6.20 Å². The molecule has 0 fully saturated rings. The van der Waals surface area contributed by atoms with Gasteiger partial charge in [0.25, 0.3) is 5.69 Å². The molecule has 1 aromatic heterocycles. The van der Waals surface area contributed by atoms with Gasteiger partial charge in [-0.05, 0) is 12.6 Å². The molecular weight excluding hydrogens is 241 g/mol. The Morgan fingerprint density at radius 1 is 1.50 bits per heavy atom. The highest BCUT2D eigenvalue weighted by molar-refractivity contribution is 5.43. The molecule has 18 heavy (non-hydrogen) atoms. The lowest BCUT2D eigenvalue weighted by Gasteiger charge is -2.01. The molecule has 0 amide bonds. The number of halogens is 1. The highest BCUT2D eigenvalue weighted by Gasteiger charge is 2.13. The van der Waals surface area contributed by atoms with Gasteiger partial charge in [-0.25, -0.2) is 9.07 Å². The Morgan fingerprint density at radius 2 is 2.28 bits per heavy atom. The van der Waals surface area contributed by atoms with E-state index < -0.39 is 10.7 Å². The van der Waals surface area contributed by atoms with Crippen molar-refractivity contribution in [1.29, 1.82) is 0 Å². The standard InChI is InChI=1S/C10H10FN5O2/c11-9-2-1-8(16(17)18)5-10(9)15-6-7(3-4-12)13-14-15/h1-2,5-6H,3-4,12H2. The summed E-state index contributed by atoms with van der Waals surface area (Å²) in [5, 5.41) is 18.1. The van der Waals surface area contributed by atoms with Gasteiger partial charge in [-0.15, -0.1) is 5.10 Å². The van der Waals surface area contributed by atoms with Crippen LogP contribution in [0.25, 0.3) is 5.69 Å². The van der Waals surface area contributed by atoms with Gasteiger partial charge in [-0.2, -0.15) is 0 Å². The third kappa shape index (κ3) is 2.33. The van der Waals surface area contributed by atoms with Crippen molar-refractivity contribution in [2.75, 3.05) is 6.54 Å². The Labute approximate surface area is 101 Å². The second-order valence-electron chi connectivity index (χ2n) is 3.59. The molecule has 0 radical (unpaired) electrons. The summed E-state index contributed by atoms with van der Waals surface area (Å²) in [6.07, 6.45) is 2.01. The maximum atomic E-state index is 13.6. The molecule has 0 saturated carbocycles. The first kappa shape index (κ1) is 12.1. The Kier molecular flexibility index (Phi) is 3.28. The van der Waals surface area contributed by atoms with Gasteiger partial charge in [0.05, 0.1) is 16.8 Å². The van der Waals surface area contributed by atoms with Crippen LogP contribution in [0, 0.1) is 15.9 Å². The molecule has 94 valence electrons. The van der Waals surface area contributed by atoms with Crippen LogP contribution in [-0.2, 0) is 6.42 Å². The first-order chi connectivity index (χ1) is 8.61. The highest BCUT2D eigenvalue weighted by atomic mass is 19.1.